The largest absolute Gasteiger partial charge is 0.376 e. The summed E-state index contributed by atoms with van der Waals surface area (Å²) in [6, 6.07) is 10.3. The molecule has 0 bridgehead atoms. The van der Waals surface area contributed by atoms with Gasteiger partial charge >= 0.3 is 0 Å². The topological polar surface area (TPSA) is 84.3 Å². The van der Waals surface area contributed by atoms with Crippen molar-refractivity contribution in [2.24, 2.45) is 5.92 Å². The molecule has 0 spiro atoms. The number of halogens is 1. The fraction of sp³-hybridized carbons (Fsp3) is 0.318. The second kappa shape index (κ2) is 7.87. The number of nitrogens with one attached hydrogen (secondary N) is 2. The number of carbonyl (C=O) groups excluding carboxylic acids is 1. The number of allylic oxidation sites excluding steroid dienone is 2. The average Bonchev–Trinajstić information content (AvgIpc) is 3.19. The summed E-state index contributed by atoms with van der Waals surface area (Å²) >= 11 is 6.53. The van der Waals surface area contributed by atoms with Crippen molar-refractivity contribution in [1.29, 1.82) is 0 Å². The van der Waals surface area contributed by atoms with Crippen LogP contribution in [0, 0.1) is 16.0 Å². The number of nitro groups is 1. The van der Waals surface area contributed by atoms with Gasteiger partial charge in [0.15, 0.2) is 0 Å². The van der Waals surface area contributed by atoms with E-state index in [1.807, 2.05) is 19.1 Å². The van der Waals surface area contributed by atoms with E-state index in [0.717, 1.165) is 35.3 Å². The van der Waals surface area contributed by atoms with Gasteiger partial charge in [-0.2, -0.15) is 0 Å². The summed E-state index contributed by atoms with van der Waals surface area (Å²) in [4.78, 5) is 23.1. The SMILES string of the molecule is CCCC(=O)Nc1ccc(Cl)c2c1C1C=CCC1C(c1cccc([N+](=O)[O-])c1)N2. The third-order valence-electron chi connectivity index (χ3n) is 5.66. The van der Waals surface area contributed by atoms with Crippen LogP contribution < -0.4 is 10.6 Å². The molecule has 0 radical (unpaired) electrons. The molecule has 6 nitrogen and oxygen atoms in total. The molecule has 0 fully saturated rings. The van der Waals surface area contributed by atoms with Gasteiger partial charge in [-0.3, -0.25) is 14.9 Å². The molecule has 1 aliphatic heterocycles. The monoisotopic (exact) mass is 411 g/mol. The van der Waals surface area contributed by atoms with Crippen LogP contribution in [0.4, 0.5) is 17.1 Å². The third-order valence-corrected chi connectivity index (χ3v) is 5.98. The molecule has 3 unspecified atom stereocenters. The molecule has 1 heterocycles. The van der Waals surface area contributed by atoms with E-state index in [0.29, 0.717) is 11.4 Å². The van der Waals surface area contributed by atoms with E-state index < -0.39 is 0 Å². The second-order valence-corrected chi connectivity index (χ2v) is 7.92. The van der Waals surface area contributed by atoms with Gasteiger partial charge in [-0.25, -0.2) is 0 Å². The predicted molar refractivity (Wildman–Crippen MR) is 114 cm³/mol. The van der Waals surface area contributed by atoms with Crippen LogP contribution >= 0.6 is 11.6 Å². The summed E-state index contributed by atoms with van der Waals surface area (Å²) in [5.74, 6) is 0.243. The number of anilines is 2. The molecule has 0 saturated carbocycles. The maximum absolute atomic E-state index is 12.2. The zero-order valence-corrected chi connectivity index (χ0v) is 16.8. The van der Waals surface area contributed by atoms with Crippen LogP contribution in [0.25, 0.3) is 0 Å². The lowest BCUT2D eigenvalue weighted by molar-refractivity contribution is -0.384. The standard InChI is InChI=1S/C22H22ClN3O3/c1-2-5-19(27)24-18-11-10-17(23)22-20(18)15-8-4-9-16(15)21(25-22)13-6-3-7-14(12-13)26(28)29/h3-4,6-8,10-12,15-16,21,25H,2,5,9H2,1H3,(H,24,27). The molecular formula is C22H22ClN3O3. The van der Waals surface area contributed by atoms with E-state index >= 15 is 0 Å². The number of nitro benzene ring substituents is 1. The lowest BCUT2D eigenvalue weighted by Gasteiger charge is -2.39. The first-order valence-corrected chi connectivity index (χ1v) is 10.2. The quantitative estimate of drug-likeness (QED) is 0.369. The molecule has 0 aromatic heterocycles. The molecule has 2 aromatic carbocycles. The van der Waals surface area contributed by atoms with Crippen molar-refractivity contribution < 1.29 is 9.72 Å². The van der Waals surface area contributed by atoms with E-state index in [-0.39, 0.29) is 34.4 Å². The summed E-state index contributed by atoms with van der Waals surface area (Å²) < 4.78 is 0. The number of hydrogen-bond donors (Lipinski definition) is 2. The number of non-ortho nitro benzene ring substituents is 1. The number of amides is 1. The molecule has 1 amide bonds. The van der Waals surface area contributed by atoms with Crippen LogP contribution in [0.15, 0.2) is 48.6 Å². The molecule has 1 aliphatic carbocycles. The first-order chi connectivity index (χ1) is 14.0. The van der Waals surface area contributed by atoms with E-state index in [9.17, 15) is 14.9 Å². The molecular weight excluding hydrogens is 390 g/mol. The fourth-order valence-electron chi connectivity index (χ4n) is 4.38. The van der Waals surface area contributed by atoms with Crippen LogP contribution in [0.2, 0.25) is 5.02 Å². The van der Waals surface area contributed by atoms with Crippen molar-refractivity contribution in [2.45, 2.75) is 38.1 Å². The average molecular weight is 412 g/mol. The third kappa shape index (κ3) is 3.60. The van der Waals surface area contributed by atoms with Crippen molar-refractivity contribution in [1.82, 2.24) is 0 Å². The molecule has 0 saturated heterocycles. The van der Waals surface area contributed by atoms with Crippen LogP contribution in [0.1, 0.15) is 49.3 Å². The number of nitrogens with zero attached hydrogens (tertiary/aromatic N) is 1. The maximum Gasteiger partial charge on any atom is 0.269 e. The van der Waals surface area contributed by atoms with Gasteiger partial charge in [0.1, 0.15) is 0 Å². The van der Waals surface area contributed by atoms with E-state index in [1.165, 1.54) is 6.07 Å². The van der Waals surface area contributed by atoms with Crippen LogP contribution in [0.3, 0.4) is 0 Å². The smallest absolute Gasteiger partial charge is 0.269 e. The maximum atomic E-state index is 12.2. The predicted octanol–water partition coefficient (Wildman–Crippen LogP) is 5.81. The number of hydrogen-bond acceptors (Lipinski definition) is 4. The van der Waals surface area contributed by atoms with Gasteiger partial charge in [-0.05, 0) is 36.5 Å². The summed E-state index contributed by atoms with van der Waals surface area (Å²) in [6.45, 7) is 1.97. The zero-order valence-electron chi connectivity index (χ0n) is 16.0. The molecule has 2 N–H and O–H groups in total. The van der Waals surface area contributed by atoms with E-state index in [4.69, 9.17) is 11.6 Å². The van der Waals surface area contributed by atoms with E-state index in [2.05, 4.69) is 22.8 Å². The Labute approximate surface area is 174 Å². The van der Waals surface area contributed by atoms with Crippen molar-refractivity contribution in [3.05, 3.63) is 74.8 Å². The Hall–Kier alpha value is -2.86. The fourth-order valence-corrected chi connectivity index (χ4v) is 4.60. The summed E-state index contributed by atoms with van der Waals surface area (Å²) in [5, 5.41) is 18.3. The van der Waals surface area contributed by atoms with Gasteiger partial charge < -0.3 is 10.6 Å². The summed E-state index contributed by atoms with van der Waals surface area (Å²) in [6.07, 6.45) is 6.38. The highest BCUT2D eigenvalue weighted by Crippen LogP contribution is 2.54. The highest BCUT2D eigenvalue weighted by Gasteiger charge is 2.40. The Bertz CT molecular complexity index is 1000. The Morgan fingerprint density at radius 2 is 2.17 bits per heavy atom. The minimum Gasteiger partial charge on any atom is -0.376 e. The number of carbonyl (C=O) groups is 1. The van der Waals surface area contributed by atoms with Gasteiger partial charge in [0.05, 0.1) is 21.7 Å². The van der Waals surface area contributed by atoms with Crippen LogP contribution in [-0.4, -0.2) is 10.8 Å². The minimum absolute atomic E-state index is 0.0173. The van der Waals surface area contributed by atoms with Crippen molar-refractivity contribution in [3.63, 3.8) is 0 Å². The van der Waals surface area contributed by atoms with E-state index in [1.54, 1.807) is 18.2 Å². The highest BCUT2D eigenvalue weighted by molar-refractivity contribution is 6.33. The van der Waals surface area contributed by atoms with Crippen molar-refractivity contribution in [3.8, 4) is 0 Å². The highest BCUT2D eigenvalue weighted by atomic mass is 35.5. The number of benzene rings is 2. The van der Waals surface area contributed by atoms with Gasteiger partial charge in [-0.15, -0.1) is 0 Å². The molecule has 150 valence electrons. The van der Waals surface area contributed by atoms with Gasteiger partial charge in [0, 0.05) is 35.7 Å². The molecule has 7 heteroatoms. The van der Waals surface area contributed by atoms with Crippen molar-refractivity contribution in [2.75, 3.05) is 10.6 Å². The Morgan fingerprint density at radius 1 is 1.34 bits per heavy atom. The lowest BCUT2D eigenvalue weighted by atomic mass is 9.76. The molecule has 3 atom stereocenters. The van der Waals surface area contributed by atoms with Gasteiger partial charge in [0.2, 0.25) is 5.91 Å². The molecule has 4 rings (SSSR count). The Kier molecular flexibility index (Phi) is 5.28. The molecule has 2 aromatic rings. The first-order valence-electron chi connectivity index (χ1n) is 9.79. The normalized spacial score (nSPS) is 21.8. The van der Waals surface area contributed by atoms with Gasteiger partial charge in [0.25, 0.3) is 5.69 Å². The van der Waals surface area contributed by atoms with Crippen LogP contribution in [0.5, 0.6) is 0 Å². The zero-order chi connectivity index (χ0) is 20.5. The van der Waals surface area contributed by atoms with Crippen LogP contribution in [-0.2, 0) is 4.79 Å². The van der Waals surface area contributed by atoms with Crippen molar-refractivity contribution >= 4 is 34.6 Å². The summed E-state index contributed by atoms with van der Waals surface area (Å²) in [7, 11) is 0. The Morgan fingerprint density at radius 3 is 2.93 bits per heavy atom. The number of rotatable bonds is 5. The molecule has 2 aliphatic rings. The Balaban J connectivity index is 1.76. The minimum atomic E-state index is -0.376. The second-order valence-electron chi connectivity index (χ2n) is 7.51. The number of fused-ring (bicyclic) bond motifs is 3. The summed E-state index contributed by atoms with van der Waals surface area (Å²) in [5.41, 5.74) is 3.48. The molecule has 29 heavy (non-hydrogen) atoms. The van der Waals surface area contributed by atoms with Gasteiger partial charge in [-0.1, -0.05) is 42.8 Å². The first kappa shape index (κ1) is 19.5. The lowest BCUT2D eigenvalue weighted by Crippen LogP contribution is -2.30.